The van der Waals surface area contributed by atoms with Gasteiger partial charge in [0.15, 0.2) is 6.61 Å². The van der Waals surface area contributed by atoms with Crippen LogP contribution in [0.1, 0.15) is 20.8 Å². The lowest BCUT2D eigenvalue weighted by Gasteiger charge is -2.20. The van der Waals surface area contributed by atoms with Crippen LogP contribution in [-0.4, -0.2) is 26.5 Å². The Morgan fingerprint density at radius 2 is 1.69 bits per heavy atom. The van der Waals surface area contributed by atoms with Gasteiger partial charge in [-0.1, -0.05) is 12.1 Å². The second kappa shape index (κ2) is 8.20. The summed E-state index contributed by atoms with van der Waals surface area (Å²) < 4.78 is 33.2. The van der Waals surface area contributed by atoms with E-state index in [0.717, 1.165) is 4.47 Å². The van der Waals surface area contributed by atoms with E-state index < -0.39 is 15.6 Å². The molecular formula is C18H21BrN2O4S. The number of para-hydroxylation sites is 1. The van der Waals surface area contributed by atoms with Gasteiger partial charge in [0.2, 0.25) is 10.0 Å². The van der Waals surface area contributed by atoms with E-state index in [1.54, 1.807) is 26.8 Å². The van der Waals surface area contributed by atoms with E-state index in [0.29, 0.717) is 11.4 Å². The first-order valence-electron chi connectivity index (χ1n) is 7.88. The lowest BCUT2D eigenvalue weighted by molar-refractivity contribution is -0.118. The minimum atomic E-state index is -3.60. The highest BCUT2D eigenvalue weighted by Gasteiger charge is 2.21. The lowest BCUT2D eigenvalue weighted by atomic mass is 10.1. The smallest absolute Gasteiger partial charge is 0.262 e. The number of hydrogen-bond acceptors (Lipinski definition) is 4. The Bertz CT molecular complexity index is 875. The summed E-state index contributed by atoms with van der Waals surface area (Å²) in [5, 5.41) is 2.73. The molecule has 0 atom stereocenters. The molecule has 0 spiro atoms. The third-order valence-corrected chi connectivity index (χ3v) is 5.56. The van der Waals surface area contributed by atoms with Crippen molar-refractivity contribution in [3.8, 4) is 5.75 Å². The molecule has 6 nitrogen and oxygen atoms in total. The van der Waals surface area contributed by atoms with Crippen LogP contribution < -0.4 is 14.8 Å². The van der Waals surface area contributed by atoms with Gasteiger partial charge in [-0.05, 0) is 73.1 Å². The van der Waals surface area contributed by atoms with Crippen molar-refractivity contribution >= 4 is 37.5 Å². The molecule has 1 amide bonds. The number of nitrogens with one attached hydrogen (secondary N) is 2. The fraction of sp³-hybridized carbons (Fsp3) is 0.278. The van der Waals surface area contributed by atoms with E-state index in [9.17, 15) is 13.2 Å². The number of sulfonamides is 1. The summed E-state index contributed by atoms with van der Waals surface area (Å²) in [6.45, 7) is 5.12. The molecule has 0 heterocycles. The van der Waals surface area contributed by atoms with Crippen molar-refractivity contribution in [3.63, 3.8) is 0 Å². The van der Waals surface area contributed by atoms with Gasteiger partial charge in [-0.15, -0.1) is 0 Å². The molecule has 140 valence electrons. The molecule has 2 aromatic rings. The van der Waals surface area contributed by atoms with Crippen LogP contribution in [0.5, 0.6) is 5.75 Å². The van der Waals surface area contributed by atoms with E-state index in [-0.39, 0.29) is 17.4 Å². The molecule has 2 rings (SSSR count). The topological polar surface area (TPSA) is 84.5 Å². The van der Waals surface area contributed by atoms with Crippen molar-refractivity contribution in [1.29, 1.82) is 0 Å². The van der Waals surface area contributed by atoms with Gasteiger partial charge >= 0.3 is 0 Å². The zero-order chi connectivity index (χ0) is 19.4. The molecule has 0 aliphatic rings. The predicted octanol–water partition coefficient (Wildman–Crippen LogP) is 3.54. The van der Waals surface area contributed by atoms with Crippen LogP contribution in [0, 0.1) is 0 Å². The molecule has 26 heavy (non-hydrogen) atoms. The fourth-order valence-corrected chi connectivity index (χ4v) is 3.88. The molecule has 2 aromatic carbocycles. The second-order valence-corrected chi connectivity index (χ2v) is 9.18. The molecule has 0 radical (unpaired) electrons. The maximum atomic E-state index is 12.2. The zero-order valence-corrected chi connectivity index (χ0v) is 17.1. The van der Waals surface area contributed by atoms with E-state index in [1.165, 1.54) is 24.3 Å². The number of amides is 1. The molecule has 0 aliphatic heterocycles. The number of anilines is 1. The minimum absolute atomic E-state index is 0.137. The van der Waals surface area contributed by atoms with E-state index in [4.69, 9.17) is 4.74 Å². The Morgan fingerprint density at radius 1 is 1.08 bits per heavy atom. The summed E-state index contributed by atoms with van der Waals surface area (Å²) in [6, 6.07) is 13.2. The van der Waals surface area contributed by atoms with Gasteiger partial charge in [0.1, 0.15) is 5.75 Å². The van der Waals surface area contributed by atoms with Crippen molar-refractivity contribution in [2.45, 2.75) is 31.2 Å². The quantitative estimate of drug-likeness (QED) is 0.718. The van der Waals surface area contributed by atoms with Crippen molar-refractivity contribution < 1.29 is 17.9 Å². The summed E-state index contributed by atoms with van der Waals surface area (Å²) in [7, 11) is -3.60. The van der Waals surface area contributed by atoms with E-state index in [2.05, 4.69) is 26.0 Å². The third-order valence-electron chi connectivity index (χ3n) is 3.09. The van der Waals surface area contributed by atoms with Crippen LogP contribution >= 0.6 is 15.9 Å². The Balaban J connectivity index is 1.95. The summed E-state index contributed by atoms with van der Waals surface area (Å²) in [5.41, 5.74) is 0.0773. The molecule has 0 unspecified atom stereocenters. The third kappa shape index (κ3) is 6.12. The fourth-order valence-electron chi connectivity index (χ4n) is 2.07. The van der Waals surface area contributed by atoms with Crippen LogP contribution in [0.3, 0.4) is 0 Å². The van der Waals surface area contributed by atoms with Crippen LogP contribution in [0.15, 0.2) is 57.9 Å². The largest absolute Gasteiger partial charge is 0.484 e. The van der Waals surface area contributed by atoms with Crippen LogP contribution in [0.4, 0.5) is 5.69 Å². The van der Waals surface area contributed by atoms with E-state index in [1.807, 2.05) is 18.2 Å². The summed E-state index contributed by atoms with van der Waals surface area (Å²) in [6.07, 6.45) is 0. The standard InChI is InChI=1S/C18H21BrN2O4S/c1-18(2,3)21-26(23,24)14-10-8-13(9-11-14)25-12-17(22)20-16-7-5-4-6-15(16)19/h4-11,21H,12H2,1-3H3,(H,20,22). The molecule has 8 heteroatoms. The number of rotatable bonds is 6. The van der Waals surface area contributed by atoms with Gasteiger partial charge in [0.25, 0.3) is 5.91 Å². The van der Waals surface area contributed by atoms with Crippen molar-refractivity contribution in [2.24, 2.45) is 0 Å². The highest BCUT2D eigenvalue weighted by molar-refractivity contribution is 9.10. The average molecular weight is 441 g/mol. The van der Waals surface area contributed by atoms with E-state index >= 15 is 0 Å². The van der Waals surface area contributed by atoms with Gasteiger partial charge in [-0.25, -0.2) is 13.1 Å². The monoisotopic (exact) mass is 440 g/mol. The van der Waals surface area contributed by atoms with Crippen molar-refractivity contribution in [3.05, 3.63) is 53.0 Å². The zero-order valence-electron chi connectivity index (χ0n) is 14.7. The Kier molecular flexibility index (Phi) is 6.44. The first-order valence-corrected chi connectivity index (χ1v) is 10.2. The van der Waals surface area contributed by atoms with Gasteiger partial charge in [0.05, 0.1) is 10.6 Å². The summed E-state index contributed by atoms with van der Waals surface area (Å²) >= 11 is 3.35. The van der Waals surface area contributed by atoms with Crippen LogP contribution in [0.2, 0.25) is 0 Å². The predicted molar refractivity (Wildman–Crippen MR) is 105 cm³/mol. The molecule has 2 N–H and O–H groups in total. The number of benzene rings is 2. The first kappa shape index (κ1) is 20.4. The van der Waals surface area contributed by atoms with Crippen LogP contribution in [0.25, 0.3) is 0 Å². The van der Waals surface area contributed by atoms with Crippen LogP contribution in [-0.2, 0) is 14.8 Å². The summed E-state index contributed by atoms with van der Waals surface area (Å²) in [5.74, 6) is 0.0879. The number of halogens is 1. The molecule has 0 saturated heterocycles. The number of hydrogen-bond donors (Lipinski definition) is 2. The maximum absolute atomic E-state index is 12.2. The first-order chi connectivity index (χ1) is 12.1. The Hall–Kier alpha value is -1.90. The van der Waals surface area contributed by atoms with Crippen molar-refractivity contribution in [2.75, 3.05) is 11.9 Å². The number of carbonyl (C=O) groups excluding carboxylic acids is 1. The number of carbonyl (C=O) groups is 1. The normalized spacial score (nSPS) is 11.8. The molecule has 0 fully saturated rings. The van der Waals surface area contributed by atoms with Gasteiger partial charge in [0, 0.05) is 10.0 Å². The maximum Gasteiger partial charge on any atom is 0.262 e. The molecule has 0 bridgehead atoms. The Morgan fingerprint density at radius 3 is 2.27 bits per heavy atom. The Labute approximate surface area is 162 Å². The van der Waals surface area contributed by atoms with Gasteiger partial charge < -0.3 is 10.1 Å². The molecule has 0 aliphatic carbocycles. The van der Waals surface area contributed by atoms with Gasteiger partial charge in [-0.3, -0.25) is 4.79 Å². The SMILES string of the molecule is CC(C)(C)NS(=O)(=O)c1ccc(OCC(=O)Nc2ccccc2Br)cc1. The van der Waals surface area contributed by atoms with Gasteiger partial charge in [-0.2, -0.15) is 0 Å². The average Bonchev–Trinajstić information content (AvgIpc) is 2.53. The molecule has 0 saturated carbocycles. The molecular weight excluding hydrogens is 420 g/mol. The summed E-state index contributed by atoms with van der Waals surface area (Å²) in [4.78, 5) is 12.1. The lowest BCUT2D eigenvalue weighted by Crippen LogP contribution is -2.40. The highest BCUT2D eigenvalue weighted by atomic mass is 79.9. The molecule has 0 aromatic heterocycles. The highest BCUT2D eigenvalue weighted by Crippen LogP contribution is 2.21. The number of ether oxygens (including phenoxy) is 1. The second-order valence-electron chi connectivity index (χ2n) is 6.64. The van der Waals surface area contributed by atoms with Crippen molar-refractivity contribution in [1.82, 2.24) is 4.72 Å². The minimum Gasteiger partial charge on any atom is -0.484 e.